The van der Waals surface area contributed by atoms with Crippen molar-refractivity contribution in [1.29, 1.82) is 0 Å². The molecule has 1 unspecified atom stereocenters. The average molecular weight is 318 g/mol. The number of hydrogen-bond acceptors (Lipinski definition) is 4. The summed E-state index contributed by atoms with van der Waals surface area (Å²) in [5.74, 6) is -1.72. The van der Waals surface area contributed by atoms with Gasteiger partial charge in [-0.2, -0.15) is 8.42 Å². The molecule has 0 aromatic rings. The molecule has 5 nitrogen and oxygen atoms in total. The zero-order valence-corrected chi connectivity index (χ0v) is 15.9. The number of carbonyl (C=O) groups is 1. The minimum absolute atomic E-state index is 0. The van der Waals surface area contributed by atoms with Crippen LogP contribution in [-0.2, 0) is 14.9 Å². The maximum absolute atomic E-state index is 10.7. The Morgan fingerprint density at radius 1 is 1.05 bits per heavy atom. The Labute approximate surface area is 158 Å². The summed E-state index contributed by atoms with van der Waals surface area (Å²) in [5, 5.41) is 8.75. The van der Waals surface area contributed by atoms with Gasteiger partial charge in [0.2, 0.25) is 0 Å². The van der Waals surface area contributed by atoms with E-state index in [0.717, 1.165) is 25.7 Å². The van der Waals surface area contributed by atoms with Crippen molar-refractivity contribution in [1.82, 2.24) is 0 Å². The summed E-state index contributed by atoms with van der Waals surface area (Å²) in [6.07, 6.45) is 8.04. The van der Waals surface area contributed by atoms with E-state index in [1.807, 2.05) is 0 Å². The Hall–Kier alpha value is 1.02. The van der Waals surface area contributed by atoms with Crippen molar-refractivity contribution in [3.63, 3.8) is 0 Å². The van der Waals surface area contributed by atoms with Crippen LogP contribution in [0, 0.1) is 0 Å². The molecule has 0 bridgehead atoms. The number of carboxylic acid groups (broad SMARTS) is 1. The maximum Gasteiger partial charge on any atom is 1.00 e. The van der Waals surface area contributed by atoms with E-state index >= 15 is 0 Å². The van der Waals surface area contributed by atoms with Crippen molar-refractivity contribution in [2.24, 2.45) is 0 Å². The molecule has 108 valence electrons. The summed E-state index contributed by atoms with van der Waals surface area (Å²) < 4.78 is 30.2. The van der Waals surface area contributed by atoms with Crippen LogP contribution >= 0.6 is 0 Å². The first-order chi connectivity index (χ1) is 8.39. The third-order valence-electron chi connectivity index (χ3n) is 2.94. The Kier molecular flexibility index (Phi) is 14.9. The Balaban J connectivity index is 0. The minimum Gasteiger partial charge on any atom is -0.549 e. The van der Waals surface area contributed by atoms with Gasteiger partial charge in [-0.15, -0.1) is 0 Å². The molecule has 1 N–H and O–H groups in total. The fraction of sp³-hybridized carbons (Fsp3) is 0.917. The van der Waals surface area contributed by atoms with Crippen LogP contribution < -0.4 is 56.5 Å². The van der Waals surface area contributed by atoms with Crippen molar-refractivity contribution in [2.75, 3.05) is 0 Å². The maximum atomic E-state index is 10.7. The number of aliphatic carboxylic acids is 1. The molecule has 19 heavy (non-hydrogen) atoms. The molecule has 0 aliphatic heterocycles. The zero-order chi connectivity index (χ0) is 14.0. The smallest absolute Gasteiger partial charge is 0.549 e. The van der Waals surface area contributed by atoms with Crippen LogP contribution in [0.2, 0.25) is 0 Å². The van der Waals surface area contributed by atoms with Crippen molar-refractivity contribution in [3.8, 4) is 0 Å². The minimum atomic E-state index is -4.53. The number of rotatable bonds is 11. The van der Waals surface area contributed by atoms with Crippen LogP contribution in [0.25, 0.3) is 0 Å². The second kappa shape index (κ2) is 12.7. The third-order valence-corrected chi connectivity index (χ3v) is 4.09. The van der Waals surface area contributed by atoms with E-state index < -0.39 is 21.3 Å². The van der Waals surface area contributed by atoms with Crippen molar-refractivity contribution >= 4 is 16.1 Å². The number of carbonyl (C=O) groups excluding carboxylic acids is 1. The van der Waals surface area contributed by atoms with Gasteiger partial charge in [0.15, 0.2) is 0 Å². The second-order valence-electron chi connectivity index (χ2n) is 4.59. The predicted molar refractivity (Wildman–Crippen MR) is 67.6 cm³/mol. The van der Waals surface area contributed by atoms with E-state index in [1.54, 1.807) is 0 Å². The van der Waals surface area contributed by atoms with Gasteiger partial charge in [-0.3, -0.25) is 4.55 Å². The molecule has 0 saturated carbocycles. The summed E-state index contributed by atoms with van der Waals surface area (Å²) in [6, 6.07) is 0. The third kappa shape index (κ3) is 12.5. The first-order valence-corrected chi connectivity index (χ1v) is 8.07. The SMILES string of the molecule is CCCCCCCCCCC(C(=O)[O-])S(=O)(=O)O.[K+]. The summed E-state index contributed by atoms with van der Waals surface area (Å²) in [6.45, 7) is 2.15. The molecule has 0 heterocycles. The molecule has 0 fully saturated rings. The van der Waals surface area contributed by atoms with E-state index in [4.69, 9.17) is 4.55 Å². The van der Waals surface area contributed by atoms with E-state index in [2.05, 4.69) is 6.92 Å². The van der Waals surface area contributed by atoms with Gasteiger partial charge in [-0.05, 0) is 6.42 Å². The molecule has 0 aliphatic carbocycles. The average Bonchev–Trinajstić information content (AvgIpc) is 2.24. The molecular formula is C12H23KO5S. The Morgan fingerprint density at radius 3 is 1.84 bits per heavy atom. The fourth-order valence-electron chi connectivity index (χ4n) is 1.85. The molecule has 0 aliphatic rings. The molecule has 0 rings (SSSR count). The van der Waals surface area contributed by atoms with Crippen molar-refractivity contribution in [3.05, 3.63) is 0 Å². The van der Waals surface area contributed by atoms with E-state index in [1.165, 1.54) is 19.3 Å². The second-order valence-corrected chi connectivity index (χ2v) is 6.19. The van der Waals surface area contributed by atoms with Gasteiger partial charge in [0.1, 0.15) is 5.25 Å². The van der Waals surface area contributed by atoms with E-state index in [9.17, 15) is 18.3 Å². The number of hydrogen-bond donors (Lipinski definition) is 1. The molecular weight excluding hydrogens is 295 g/mol. The summed E-state index contributed by atoms with van der Waals surface area (Å²) >= 11 is 0. The Bertz CT molecular complexity index is 329. The van der Waals surface area contributed by atoms with Crippen LogP contribution in [0.1, 0.15) is 64.7 Å². The van der Waals surface area contributed by atoms with Gasteiger partial charge in [0.05, 0.1) is 5.97 Å². The molecule has 0 aromatic carbocycles. The summed E-state index contributed by atoms with van der Waals surface area (Å²) in [4.78, 5) is 10.5. The van der Waals surface area contributed by atoms with Crippen molar-refractivity contribution in [2.45, 2.75) is 70.0 Å². The summed E-state index contributed by atoms with van der Waals surface area (Å²) in [5.41, 5.74) is 0. The number of unbranched alkanes of at least 4 members (excludes halogenated alkanes) is 7. The van der Waals surface area contributed by atoms with Gasteiger partial charge in [0.25, 0.3) is 10.1 Å². The molecule has 1 atom stereocenters. The fourth-order valence-corrected chi connectivity index (χ4v) is 2.56. The standard InChI is InChI=1S/C12H24O5S.K/c1-2-3-4-5-6-7-8-9-10-11(12(13)14)18(15,16)17;/h11H,2-10H2,1H3,(H,13,14)(H,15,16,17);/q;+1/p-1. The molecule has 0 saturated heterocycles. The first kappa shape index (κ1) is 22.3. The number of carboxylic acids is 1. The normalized spacial score (nSPS) is 12.7. The summed E-state index contributed by atoms with van der Waals surface area (Å²) in [7, 11) is -4.53. The van der Waals surface area contributed by atoms with Gasteiger partial charge >= 0.3 is 51.4 Å². The van der Waals surface area contributed by atoms with Crippen LogP contribution in [0.4, 0.5) is 0 Å². The largest absolute Gasteiger partial charge is 1.00 e. The van der Waals surface area contributed by atoms with Crippen LogP contribution in [0.5, 0.6) is 0 Å². The van der Waals surface area contributed by atoms with Crippen LogP contribution in [0.15, 0.2) is 0 Å². The molecule has 0 aromatic heterocycles. The van der Waals surface area contributed by atoms with Crippen LogP contribution in [-0.4, -0.2) is 24.2 Å². The molecule has 0 amide bonds. The van der Waals surface area contributed by atoms with E-state index in [0.29, 0.717) is 6.42 Å². The Morgan fingerprint density at radius 2 is 1.47 bits per heavy atom. The first-order valence-electron chi connectivity index (χ1n) is 6.56. The zero-order valence-electron chi connectivity index (χ0n) is 11.9. The van der Waals surface area contributed by atoms with Gasteiger partial charge in [-0.1, -0.05) is 58.3 Å². The van der Waals surface area contributed by atoms with Gasteiger partial charge in [0, 0.05) is 0 Å². The molecule has 0 spiro atoms. The van der Waals surface area contributed by atoms with Crippen LogP contribution in [0.3, 0.4) is 0 Å². The topological polar surface area (TPSA) is 94.5 Å². The van der Waals surface area contributed by atoms with Gasteiger partial charge in [-0.25, -0.2) is 0 Å². The monoisotopic (exact) mass is 318 g/mol. The predicted octanol–water partition coefficient (Wildman–Crippen LogP) is -1.47. The molecule has 7 heteroatoms. The van der Waals surface area contributed by atoms with Gasteiger partial charge < -0.3 is 9.90 Å². The quantitative estimate of drug-likeness (QED) is 0.285. The van der Waals surface area contributed by atoms with E-state index in [-0.39, 0.29) is 57.8 Å². The van der Waals surface area contributed by atoms with Crippen molar-refractivity contribution < 1.29 is 74.3 Å². The molecule has 0 radical (unpaired) electrons.